The number of amides is 1. The van der Waals surface area contributed by atoms with Crippen molar-refractivity contribution < 1.29 is 4.79 Å². The van der Waals surface area contributed by atoms with Gasteiger partial charge in [0.25, 0.3) is 0 Å². The Balaban J connectivity index is 1.88. The van der Waals surface area contributed by atoms with Crippen molar-refractivity contribution in [3.8, 4) is 0 Å². The summed E-state index contributed by atoms with van der Waals surface area (Å²) in [6.07, 6.45) is 1.74. The van der Waals surface area contributed by atoms with Gasteiger partial charge >= 0.3 is 0 Å². The summed E-state index contributed by atoms with van der Waals surface area (Å²) in [6, 6.07) is 5.00. The second-order valence-electron chi connectivity index (χ2n) is 4.14. The zero-order valence-electron chi connectivity index (χ0n) is 8.48. The number of hydrogen-bond acceptors (Lipinski definition) is 3. The summed E-state index contributed by atoms with van der Waals surface area (Å²) < 4.78 is 0. The Labute approximate surface area is 93.1 Å². The molecule has 3 heterocycles. The number of piperazine rings is 1. The Bertz CT molecular complexity index is 363. The highest BCUT2D eigenvalue weighted by Gasteiger charge is 2.39. The van der Waals surface area contributed by atoms with Crippen LogP contribution in [0.25, 0.3) is 0 Å². The van der Waals surface area contributed by atoms with Crippen LogP contribution in [0.15, 0.2) is 17.5 Å². The highest BCUT2D eigenvalue weighted by molar-refractivity contribution is 7.10. The molecule has 0 aromatic carbocycles. The minimum Gasteiger partial charge on any atom is -0.336 e. The number of carbonyl (C=O) groups excluding carboxylic acids is 1. The predicted octanol–water partition coefficient (Wildman–Crippen LogP) is 1.38. The monoisotopic (exact) mass is 222 g/mol. The lowest BCUT2D eigenvalue weighted by atomic mass is 10.0. The molecule has 15 heavy (non-hydrogen) atoms. The quantitative estimate of drug-likeness (QED) is 0.778. The van der Waals surface area contributed by atoms with Gasteiger partial charge in [0, 0.05) is 24.4 Å². The molecule has 4 heteroatoms. The fourth-order valence-corrected chi connectivity index (χ4v) is 3.49. The van der Waals surface area contributed by atoms with Crippen LogP contribution in [0.1, 0.15) is 23.8 Å². The molecule has 0 unspecified atom stereocenters. The summed E-state index contributed by atoms with van der Waals surface area (Å²) in [5.41, 5.74) is 0. The van der Waals surface area contributed by atoms with E-state index in [1.54, 1.807) is 11.3 Å². The lowest BCUT2D eigenvalue weighted by Crippen LogP contribution is -2.51. The third kappa shape index (κ3) is 1.48. The molecule has 1 aromatic heterocycles. The third-order valence-corrected chi connectivity index (χ3v) is 4.28. The fourth-order valence-electron chi connectivity index (χ4n) is 2.63. The predicted molar refractivity (Wildman–Crippen MR) is 59.8 cm³/mol. The van der Waals surface area contributed by atoms with Gasteiger partial charge in [-0.1, -0.05) is 6.07 Å². The molecular weight excluding hydrogens is 208 g/mol. The minimum absolute atomic E-state index is 0.336. The van der Waals surface area contributed by atoms with Crippen LogP contribution >= 0.6 is 11.3 Å². The maximum absolute atomic E-state index is 11.6. The maximum atomic E-state index is 11.6. The van der Waals surface area contributed by atoms with Crippen LogP contribution < -0.4 is 5.32 Å². The Morgan fingerprint density at radius 2 is 2.47 bits per heavy atom. The summed E-state index contributed by atoms with van der Waals surface area (Å²) in [6.45, 7) is 1.80. The molecule has 2 aliphatic heterocycles. The first-order valence-corrected chi connectivity index (χ1v) is 6.30. The van der Waals surface area contributed by atoms with E-state index >= 15 is 0 Å². The van der Waals surface area contributed by atoms with E-state index in [9.17, 15) is 4.79 Å². The maximum Gasteiger partial charge on any atom is 0.223 e. The second kappa shape index (κ2) is 3.61. The van der Waals surface area contributed by atoms with Crippen molar-refractivity contribution in [2.45, 2.75) is 24.9 Å². The van der Waals surface area contributed by atoms with Gasteiger partial charge in [-0.25, -0.2) is 0 Å². The number of nitrogens with zero attached hydrogens (tertiary/aromatic N) is 1. The number of fused-ring (bicyclic) bond motifs is 1. The number of rotatable bonds is 1. The number of thiophene rings is 1. The summed E-state index contributed by atoms with van der Waals surface area (Å²) in [7, 11) is 0. The number of nitrogens with one attached hydrogen (secondary N) is 1. The fraction of sp³-hybridized carbons (Fsp3) is 0.545. The lowest BCUT2D eigenvalue weighted by molar-refractivity contribution is -0.130. The molecule has 0 bridgehead atoms. The van der Waals surface area contributed by atoms with Gasteiger partial charge in [0.05, 0.1) is 12.1 Å². The molecule has 80 valence electrons. The highest BCUT2D eigenvalue weighted by atomic mass is 32.1. The molecule has 1 aromatic rings. The number of carbonyl (C=O) groups is 1. The molecule has 3 nitrogen and oxygen atoms in total. The zero-order valence-corrected chi connectivity index (χ0v) is 9.30. The van der Waals surface area contributed by atoms with Gasteiger partial charge in [0.1, 0.15) is 0 Å². The first-order valence-electron chi connectivity index (χ1n) is 5.42. The van der Waals surface area contributed by atoms with Crippen molar-refractivity contribution in [2.24, 2.45) is 0 Å². The second-order valence-corrected chi connectivity index (χ2v) is 5.12. The molecule has 0 aliphatic carbocycles. The smallest absolute Gasteiger partial charge is 0.223 e. The Morgan fingerprint density at radius 1 is 1.53 bits per heavy atom. The van der Waals surface area contributed by atoms with Gasteiger partial charge in [-0.2, -0.15) is 0 Å². The standard InChI is InChI=1S/C11H14N2OS/c14-10-4-3-8-11(9-2-1-7-15-9)12-5-6-13(8)10/h1-2,7-8,11-12H,3-6H2/t8-,11+/m0/s1. The topological polar surface area (TPSA) is 32.3 Å². The lowest BCUT2D eigenvalue weighted by Gasteiger charge is -2.37. The van der Waals surface area contributed by atoms with E-state index in [0.717, 1.165) is 25.9 Å². The average Bonchev–Trinajstić information content (AvgIpc) is 2.88. The molecule has 0 saturated carbocycles. The molecule has 2 saturated heterocycles. The molecular formula is C11H14N2OS. The van der Waals surface area contributed by atoms with E-state index in [1.807, 2.05) is 0 Å². The van der Waals surface area contributed by atoms with Crippen molar-refractivity contribution in [1.82, 2.24) is 10.2 Å². The molecule has 3 rings (SSSR count). The molecule has 2 aliphatic rings. The van der Waals surface area contributed by atoms with Crippen LogP contribution in [-0.4, -0.2) is 29.9 Å². The van der Waals surface area contributed by atoms with Crippen LogP contribution in [0.4, 0.5) is 0 Å². The van der Waals surface area contributed by atoms with E-state index in [-0.39, 0.29) is 0 Å². The Hall–Kier alpha value is -0.870. The van der Waals surface area contributed by atoms with Crippen LogP contribution in [-0.2, 0) is 4.79 Å². The van der Waals surface area contributed by atoms with E-state index in [1.165, 1.54) is 4.88 Å². The molecule has 0 radical (unpaired) electrons. The van der Waals surface area contributed by atoms with E-state index in [4.69, 9.17) is 0 Å². The van der Waals surface area contributed by atoms with Gasteiger partial charge in [0.2, 0.25) is 5.91 Å². The summed E-state index contributed by atoms with van der Waals surface area (Å²) in [5.74, 6) is 0.336. The van der Waals surface area contributed by atoms with Gasteiger partial charge in [-0.15, -0.1) is 11.3 Å². The van der Waals surface area contributed by atoms with Crippen LogP contribution in [0.5, 0.6) is 0 Å². The normalized spacial score (nSPS) is 30.7. The van der Waals surface area contributed by atoms with Crippen LogP contribution in [0.3, 0.4) is 0 Å². The summed E-state index contributed by atoms with van der Waals surface area (Å²) in [4.78, 5) is 15.0. The third-order valence-electron chi connectivity index (χ3n) is 3.33. The van der Waals surface area contributed by atoms with Gasteiger partial charge in [-0.3, -0.25) is 4.79 Å². The van der Waals surface area contributed by atoms with Crippen LogP contribution in [0, 0.1) is 0 Å². The first kappa shape index (κ1) is 9.36. The Morgan fingerprint density at radius 3 is 3.27 bits per heavy atom. The zero-order chi connectivity index (χ0) is 10.3. The van der Waals surface area contributed by atoms with Crippen molar-refractivity contribution in [2.75, 3.05) is 13.1 Å². The van der Waals surface area contributed by atoms with E-state index < -0.39 is 0 Å². The molecule has 2 atom stereocenters. The molecule has 1 amide bonds. The average molecular weight is 222 g/mol. The van der Waals surface area contributed by atoms with Gasteiger partial charge < -0.3 is 10.2 Å². The SMILES string of the molecule is O=C1CC[C@H]2[C@H](c3cccs3)NCCN12. The van der Waals surface area contributed by atoms with Crippen molar-refractivity contribution in [3.63, 3.8) is 0 Å². The van der Waals surface area contributed by atoms with Crippen LogP contribution in [0.2, 0.25) is 0 Å². The molecule has 1 N–H and O–H groups in total. The summed E-state index contributed by atoms with van der Waals surface area (Å²) >= 11 is 1.78. The van der Waals surface area contributed by atoms with Crippen molar-refractivity contribution in [3.05, 3.63) is 22.4 Å². The van der Waals surface area contributed by atoms with E-state index in [0.29, 0.717) is 18.0 Å². The van der Waals surface area contributed by atoms with E-state index in [2.05, 4.69) is 27.7 Å². The first-order chi connectivity index (χ1) is 7.36. The molecule has 2 fully saturated rings. The highest BCUT2D eigenvalue weighted by Crippen LogP contribution is 2.33. The Kier molecular flexibility index (Phi) is 2.25. The van der Waals surface area contributed by atoms with Gasteiger partial charge in [-0.05, 0) is 17.9 Å². The summed E-state index contributed by atoms with van der Waals surface area (Å²) in [5, 5.41) is 5.63. The van der Waals surface area contributed by atoms with Crippen molar-refractivity contribution >= 4 is 17.2 Å². The van der Waals surface area contributed by atoms with Crippen molar-refractivity contribution in [1.29, 1.82) is 0 Å². The number of hydrogen-bond donors (Lipinski definition) is 1. The van der Waals surface area contributed by atoms with Gasteiger partial charge in [0.15, 0.2) is 0 Å². The largest absolute Gasteiger partial charge is 0.336 e. The molecule has 0 spiro atoms. The minimum atomic E-state index is 0.336.